The van der Waals surface area contributed by atoms with Gasteiger partial charge in [-0.3, -0.25) is 19.7 Å². The first-order chi connectivity index (χ1) is 9.74. The van der Waals surface area contributed by atoms with Crippen molar-refractivity contribution in [1.82, 2.24) is 5.32 Å². The number of nitrogens with two attached hydrogens (primary N) is 1. The van der Waals surface area contributed by atoms with E-state index >= 15 is 0 Å². The van der Waals surface area contributed by atoms with Gasteiger partial charge in [-0.2, -0.15) is 0 Å². The van der Waals surface area contributed by atoms with E-state index in [4.69, 9.17) is 5.73 Å². The summed E-state index contributed by atoms with van der Waals surface area (Å²) in [6.07, 6.45) is 2.53. The smallest absolute Gasteiger partial charge is 0.276 e. The topological polar surface area (TPSA) is 115 Å². The molecule has 1 rings (SSSR count). The lowest BCUT2D eigenvalue weighted by atomic mass is 9.93. The summed E-state index contributed by atoms with van der Waals surface area (Å²) in [5, 5.41) is 13.3. The van der Waals surface area contributed by atoms with Gasteiger partial charge in [0, 0.05) is 18.7 Å². The second kappa shape index (κ2) is 6.65. The minimum Gasteiger partial charge on any atom is -0.369 e. The van der Waals surface area contributed by atoms with Crippen LogP contribution in [0, 0.1) is 15.5 Å². The van der Waals surface area contributed by atoms with Crippen LogP contribution in [0.4, 0.5) is 5.69 Å². The van der Waals surface area contributed by atoms with Crippen LogP contribution < -0.4 is 11.1 Å². The number of nitro groups is 1. The van der Waals surface area contributed by atoms with Gasteiger partial charge in [0.25, 0.3) is 5.69 Å². The van der Waals surface area contributed by atoms with Gasteiger partial charge in [-0.05, 0) is 26.0 Å². The molecule has 7 heteroatoms. The van der Waals surface area contributed by atoms with E-state index in [1.807, 2.05) is 0 Å². The number of hydrogen-bond donors (Lipinski definition) is 2. The molecule has 0 aliphatic carbocycles. The fourth-order valence-electron chi connectivity index (χ4n) is 1.41. The number of hydrogen-bond acceptors (Lipinski definition) is 4. The van der Waals surface area contributed by atoms with Crippen molar-refractivity contribution in [1.29, 1.82) is 0 Å². The lowest BCUT2D eigenvalue weighted by Crippen LogP contribution is -2.41. The largest absolute Gasteiger partial charge is 0.369 e. The van der Waals surface area contributed by atoms with E-state index < -0.39 is 22.2 Å². The van der Waals surface area contributed by atoms with Gasteiger partial charge in [0.05, 0.1) is 15.9 Å². The average molecular weight is 291 g/mol. The first kappa shape index (κ1) is 16.4. The number of rotatable bonds is 6. The summed E-state index contributed by atoms with van der Waals surface area (Å²) < 4.78 is 0. The molecule has 0 atom stereocenters. The van der Waals surface area contributed by atoms with E-state index in [0.717, 1.165) is 0 Å². The molecule has 0 radical (unpaired) electrons. The van der Waals surface area contributed by atoms with Crippen LogP contribution >= 0.6 is 0 Å². The van der Waals surface area contributed by atoms with Gasteiger partial charge in [0.15, 0.2) is 0 Å². The molecule has 0 saturated heterocycles. The fraction of sp³-hybridized carbons (Fsp3) is 0.286. The van der Waals surface area contributed by atoms with E-state index in [-0.39, 0.29) is 12.2 Å². The molecule has 112 valence electrons. The van der Waals surface area contributed by atoms with Crippen LogP contribution in [0.15, 0.2) is 30.3 Å². The number of benzene rings is 1. The number of nitrogens with one attached hydrogen (secondary N) is 1. The van der Waals surface area contributed by atoms with Gasteiger partial charge >= 0.3 is 0 Å². The predicted octanol–water partition coefficient (Wildman–Crippen LogP) is 1.24. The monoisotopic (exact) mass is 291 g/mol. The molecule has 21 heavy (non-hydrogen) atoms. The van der Waals surface area contributed by atoms with Gasteiger partial charge < -0.3 is 11.1 Å². The van der Waals surface area contributed by atoms with Crippen molar-refractivity contribution in [3.8, 4) is 0 Å². The van der Waals surface area contributed by atoms with Crippen molar-refractivity contribution < 1.29 is 14.5 Å². The van der Waals surface area contributed by atoms with Crippen molar-refractivity contribution in [3.05, 3.63) is 46.0 Å². The molecule has 0 heterocycles. The number of carbonyl (C=O) groups excluding carboxylic acids is 2. The van der Waals surface area contributed by atoms with E-state index in [1.54, 1.807) is 26.0 Å². The van der Waals surface area contributed by atoms with Gasteiger partial charge in [-0.25, -0.2) is 0 Å². The molecular weight excluding hydrogens is 274 g/mol. The Bertz CT molecular complexity index is 594. The molecule has 0 bridgehead atoms. The fourth-order valence-corrected chi connectivity index (χ4v) is 1.41. The Morgan fingerprint density at radius 1 is 1.38 bits per heavy atom. The SMILES string of the molecule is CC(C)(CNC(=O)C=Cc1ccccc1[N+](=O)[O-])C(N)=O. The molecule has 1 aromatic rings. The molecule has 7 nitrogen and oxygen atoms in total. The van der Waals surface area contributed by atoms with Crippen molar-refractivity contribution >= 4 is 23.6 Å². The van der Waals surface area contributed by atoms with Crippen molar-refractivity contribution in [2.45, 2.75) is 13.8 Å². The van der Waals surface area contributed by atoms with Gasteiger partial charge in [0.1, 0.15) is 0 Å². The highest BCUT2D eigenvalue weighted by Gasteiger charge is 2.24. The van der Waals surface area contributed by atoms with Gasteiger partial charge in [-0.15, -0.1) is 0 Å². The van der Waals surface area contributed by atoms with E-state index in [9.17, 15) is 19.7 Å². The van der Waals surface area contributed by atoms with Crippen LogP contribution in [0.1, 0.15) is 19.4 Å². The number of nitrogens with zero attached hydrogens (tertiary/aromatic N) is 1. The van der Waals surface area contributed by atoms with Crippen LogP contribution in [-0.4, -0.2) is 23.3 Å². The third kappa shape index (κ3) is 4.72. The maximum atomic E-state index is 11.6. The Morgan fingerprint density at radius 3 is 2.57 bits per heavy atom. The molecule has 0 aromatic heterocycles. The number of para-hydroxylation sites is 1. The summed E-state index contributed by atoms with van der Waals surface area (Å²) in [7, 11) is 0. The maximum Gasteiger partial charge on any atom is 0.276 e. The molecule has 2 amide bonds. The van der Waals surface area contributed by atoms with Crippen molar-refractivity contribution in [3.63, 3.8) is 0 Å². The Labute approximate surface area is 122 Å². The maximum absolute atomic E-state index is 11.6. The van der Waals surface area contributed by atoms with Crippen molar-refractivity contribution in [2.75, 3.05) is 6.54 Å². The highest BCUT2D eigenvalue weighted by Crippen LogP contribution is 2.18. The molecule has 1 aromatic carbocycles. The Balaban J connectivity index is 2.72. The van der Waals surface area contributed by atoms with Gasteiger partial charge in [0.2, 0.25) is 11.8 Å². The van der Waals surface area contributed by atoms with Crippen molar-refractivity contribution in [2.24, 2.45) is 11.1 Å². The number of nitro benzene ring substituents is 1. The standard InChI is InChI=1S/C14H17N3O4/c1-14(2,13(15)19)9-16-12(18)8-7-10-5-3-4-6-11(10)17(20)21/h3-8H,9H2,1-2H3,(H2,15,19)(H,16,18). The molecule has 0 unspecified atom stereocenters. The molecule has 0 spiro atoms. The van der Waals surface area contributed by atoms with Crippen LogP contribution in [0.3, 0.4) is 0 Å². The third-order valence-corrected chi connectivity index (χ3v) is 2.92. The zero-order valence-electron chi connectivity index (χ0n) is 11.8. The van der Waals surface area contributed by atoms with E-state index in [1.165, 1.54) is 24.3 Å². The zero-order valence-corrected chi connectivity index (χ0v) is 11.8. The van der Waals surface area contributed by atoms with Crippen LogP contribution in [-0.2, 0) is 9.59 Å². The first-order valence-electron chi connectivity index (χ1n) is 6.23. The zero-order chi connectivity index (χ0) is 16.0. The molecule has 3 N–H and O–H groups in total. The number of carbonyl (C=O) groups is 2. The second-order valence-electron chi connectivity index (χ2n) is 5.12. The van der Waals surface area contributed by atoms with Crippen LogP contribution in [0.5, 0.6) is 0 Å². The summed E-state index contributed by atoms with van der Waals surface area (Å²) >= 11 is 0. The first-order valence-corrected chi connectivity index (χ1v) is 6.23. The highest BCUT2D eigenvalue weighted by atomic mass is 16.6. The Kier molecular flexibility index (Phi) is 5.18. The highest BCUT2D eigenvalue weighted by molar-refractivity contribution is 5.92. The van der Waals surface area contributed by atoms with Crippen LogP contribution in [0.25, 0.3) is 6.08 Å². The minimum absolute atomic E-state index is 0.0842. The third-order valence-electron chi connectivity index (χ3n) is 2.92. The number of amides is 2. The lowest BCUT2D eigenvalue weighted by molar-refractivity contribution is -0.385. The summed E-state index contributed by atoms with van der Waals surface area (Å²) in [6.45, 7) is 3.31. The average Bonchev–Trinajstić information content (AvgIpc) is 2.43. The quantitative estimate of drug-likeness (QED) is 0.466. The van der Waals surface area contributed by atoms with E-state index in [2.05, 4.69) is 5.32 Å². The second-order valence-corrected chi connectivity index (χ2v) is 5.12. The summed E-state index contributed by atoms with van der Waals surface area (Å²) in [6, 6.07) is 6.08. The van der Waals surface area contributed by atoms with E-state index in [0.29, 0.717) is 5.56 Å². The molecule has 0 aliphatic heterocycles. The van der Waals surface area contributed by atoms with Gasteiger partial charge in [-0.1, -0.05) is 12.1 Å². The lowest BCUT2D eigenvalue weighted by Gasteiger charge is -2.19. The minimum atomic E-state index is -0.859. The normalized spacial score (nSPS) is 11.3. The summed E-state index contributed by atoms with van der Waals surface area (Å²) in [5.41, 5.74) is 4.57. The predicted molar refractivity (Wildman–Crippen MR) is 78.1 cm³/mol. The Hall–Kier alpha value is -2.70. The van der Waals surface area contributed by atoms with Crippen LogP contribution in [0.2, 0.25) is 0 Å². The Morgan fingerprint density at radius 2 is 2.00 bits per heavy atom. The summed E-state index contributed by atoms with van der Waals surface area (Å²) in [4.78, 5) is 33.1. The molecular formula is C14H17N3O4. The molecule has 0 saturated carbocycles. The molecule has 0 aliphatic rings. The summed E-state index contributed by atoms with van der Waals surface area (Å²) in [5.74, 6) is -0.979. The molecule has 0 fully saturated rings. The number of primary amides is 1.